The number of nitrogens with one attached hydrogen (secondary N) is 1. The van der Waals surface area contributed by atoms with Crippen molar-refractivity contribution >= 4 is 22.6 Å². The van der Waals surface area contributed by atoms with Crippen LogP contribution in [0, 0.1) is 0 Å². The summed E-state index contributed by atoms with van der Waals surface area (Å²) >= 11 is 1.40. The summed E-state index contributed by atoms with van der Waals surface area (Å²) < 4.78 is 4.53. The number of hydrogen-bond acceptors (Lipinski definition) is 5. The van der Waals surface area contributed by atoms with Gasteiger partial charge in [0.1, 0.15) is 11.9 Å². The summed E-state index contributed by atoms with van der Waals surface area (Å²) in [5.74, 6) is 0.927. The predicted octanol–water partition coefficient (Wildman–Crippen LogP) is 4.24. The van der Waals surface area contributed by atoms with E-state index in [1.165, 1.54) is 22.7 Å². The van der Waals surface area contributed by atoms with E-state index in [1.807, 2.05) is 24.3 Å². The molecule has 6 heteroatoms. The Morgan fingerprint density at radius 1 is 1.13 bits per heavy atom. The van der Waals surface area contributed by atoms with E-state index in [1.54, 1.807) is 0 Å². The Kier molecular flexibility index (Phi) is 6.74. The minimum atomic E-state index is -0.151. The lowest BCUT2D eigenvalue weighted by molar-refractivity contribution is -0.122. The second kappa shape index (κ2) is 9.85. The Morgan fingerprint density at radius 2 is 1.83 bits per heavy atom. The molecule has 0 saturated carbocycles. The van der Waals surface area contributed by atoms with E-state index in [2.05, 4.69) is 57.9 Å². The van der Waals surface area contributed by atoms with Crippen LogP contribution in [0.1, 0.15) is 43.1 Å². The van der Waals surface area contributed by atoms with Crippen LogP contribution in [0.2, 0.25) is 0 Å². The maximum Gasteiger partial charge on any atom is 0.242 e. The number of aryl methyl sites for hydroxylation is 1. The fraction of sp³-hybridized carbons (Fsp3) is 0.375. The molecule has 2 heterocycles. The Hall–Kier alpha value is -2.73. The minimum Gasteiger partial charge on any atom is -0.352 e. The molecule has 1 aliphatic rings. The number of anilines is 1. The van der Waals surface area contributed by atoms with Crippen molar-refractivity contribution in [3.63, 3.8) is 0 Å². The zero-order valence-electron chi connectivity index (χ0n) is 17.3. The number of rotatable bonds is 8. The topological polar surface area (TPSA) is 58.1 Å². The van der Waals surface area contributed by atoms with E-state index in [0.717, 1.165) is 49.6 Å². The Bertz CT molecular complexity index is 944. The summed E-state index contributed by atoms with van der Waals surface area (Å²) in [7, 11) is 0. The van der Waals surface area contributed by atoms with Gasteiger partial charge >= 0.3 is 0 Å². The first-order chi connectivity index (χ1) is 14.7. The van der Waals surface area contributed by atoms with Crippen molar-refractivity contribution in [1.29, 1.82) is 0 Å². The van der Waals surface area contributed by atoms with Crippen LogP contribution in [0.25, 0.3) is 0 Å². The summed E-state index contributed by atoms with van der Waals surface area (Å²) in [6.07, 6.45) is 4.49. The molecular formula is C24H28N4OS. The number of amides is 1. The zero-order valence-corrected chi connectivity index (χ0v) is 18.1. The highest BCUT2D eigenvalue weighted by Crippen LogP contribution is 2.28. The van der Waals surface area contributed by atoms with Gasteiger partial charge in [-0.05, 0) is 43.7 Å². The molecule has 5 nitrogen and oxygen atoms in total. The average molecular weight is 421 g/mol. The fourth-order valence-electron chi connectivity index (χ4n) is 3.92. The van der Waals surface area contributed by atoms with Gasteiger partial charge in [-0.2, -0.15) is 4.37 Å². The van der Waals surface area contributed by atoms with Gasteiger partial charge in [0.2, 0.25) is 11.0 Å². The van der Waals surface area contributed by atoms with Crippen LogP contribution in [0.5, 0.6) is 0 Å². The first-order valence-electron chi connectivity index (χ1n) is 10.7. The summed E-state index contributed by atoms with van der Waals surface area (Å²) in [6, 6.07) is 20.7. The van der Waals surface area contributed by atoms with E-state index >= 15 is 0 Å². The molecule has 0 unspecified atom stereocenters. The van der Waals surface area contributed by atoms with Gasteiger partial charge in [-0.1, -0.05) is 60.7 Å². The van der Waals surface area contributed by atoms with Crippen molar-refractivity contribution in [1.82, 2.24) is 14.7 Å². The number of carbonyl (C=O) groups is 1. The van der Waals surface area contributed by atoms with Gasteiger partial charge in [0.25, 0.3) is 0 Å². The SMILES string of the molecule is C[C@H](CCc1ccccc1)NC(=O)[C@H]1CCCN1c1nc(Cc2ccccc2)ns1. The predicted molar refractivity (Wildman–Crippen MR) is 122 cm³/mol. The number of carbonyl (C=O) groups excluding carboxylic acids is 1. The van der Waals surface area contributed by atoms with Crippen molar-refractivity contribution in [2.45, 2.75) is 51.1 Å². The highest BCUT2D eigenvalue weighted by molar-refractivity contribution is 7.09. The maximum absolute atomic E-state index is 13.0. The molecule has 156 valence electrons. The molecule has 0 bridgehead atoms. The van der Waals surface area contributed by atoms with Gasteiger partial charge in [0.05, 0.1) is 0 Å². The third kappa shape index (κ3) is 5.25. The third-order valence-electron chi connectivity index (χ3n) is 5.56. The third-order valence-corrected chi connectivity index (χ3v) is 6.35. The molecule has 30 heavy (non-hydrogen) atoms. The largest absolute Gasteiger partial charge is 0.352 e. The van der Waals surface area contributed by atoms with Gasteiger partial charge in [0, 0.05) is 30.5 Å². The molecule has 1 amide bonds. The molecule has 1 saturated heterocycles. The molecule has 2 atom stereocenters. The lowest BCUT2D eigenvalue weighted by Gasteiger charge is -2.24. The summed E-state index contributed by atoms with van der Waals surface area (Å²) in [4.78, 5) is 19.8. The van der Waals surface area contributed by atoms with E-state index in [4.69, 9.17) is 4.98 Å². The monoisotopic (exact) mass is 420 g/mol. The van der Waals surface area contributed by atoms with Crippen molar-refractivity contribution in [3.05, 3.63) is 77.6 Å². The van der Waals surface area contributed by atoms with Crippen molar-refractivity contribution in [2.24, 2.45) is 0 Å². The number of nitrogens with zero attached hydrogens (tertiary/aromatic N) is 3. The molecule has 1 N–H and O–H groups in total. The van der Waals surface area contributed by atoms with Crippen LogP contribution in [0.15, 0.2) is 60.7 Å². The molecule has 0 spiro atoms. The summed E-state index contributed by atoms with van der Waals surface area (Å²) in [5, 5.41) is 4.07. The first kappa shape index (κ1) is 20.5. The lowest BCUT2D eigenvalue weighted by Crippen LogP contribution is -2.46. The molecule has 3 aromatic rings. The standard InChI is InChI=1S/C24H28N4OS/c1-18(14-15-19-9-4-2-5-10-19)25-23(29)21-13-8-16-28(21)24-26-22(27-30-24)17-20-11-6-3-7-12-20/h2-7,9-12,18,21H,8,13-17H2,1H3,(H,25,29)/t18-,21-/m1/s1. The Labute approximate surface area is 182 Å². The zero-order chi connectivity index (χ0) is 20.8. The van der Waals surface area contributed by atoms with Gasteiger partial charge in [-0.3, -0.25) is 4.79 Å². The van der Waals surface area contributed by atoms with Crippen molar-refractivity contribution in [3.8, 4) is 0 Å². The van der Waals surface area contributed by atoms with Gasteiger partial charge in [-0.25, -0.2) is 4.98 Å². The number of hydrogen-bond donors (Lipinski definition) is 1. The summed E-state index contributed by atoms with van der Waals surface area (Å²) in [6.45, 7) is 2.94. The number of aromatic nitrogens is 2. The van der Waals surface area contributed by atoms with Crippen LogP contribution in [0.3, 0.4) is 0 Å². The highest BCUT2D eigenvalue weighted by Gasteiger charge is 2.33. The molecule has 1 aromatic heterocycles. The van der Waals surface area contributed by atoms with E-state index < -0.39 is 0 Å². The fourth-order valence-corrected chi connectivity index (χ4v) is 4.68. The van der Waals surface area contributed by atoms with Crippen LogP contribution < -0.4 is 10.2 Å². The smallest absolute Gasteiger partial charge is 0.242 e. The van der Waals surface area contributed by atoms with Crippen molar-refractivity contribution < 1.29 is 4.79 Å². The lowest BCUT2D eigenvalue weighted by atomic mass is 10.1. The highest BCUT2D eigenvalue weighted by atomic mass is 32.1. The molecule has 0 radical (unpaired) electrons. The maximum atomic E-state index is 13.0. The molecule has 1 fully saturated rings. The van der Waals surface area contributed by atoms with Gasteiger partial charge in [0.15, 0.2) is 0 Å². The molecule has 2 aromatic carbocycles. The Morgan fingerprint density at radius 3 is 2.57 bits per heavy atom. The molecule has 4 rings (SSSR count). The van der Waals surface area contributed by atoms with Gasteiger partial charge in [-0.15, -0.1) is 0 Å². The first-order valence-corrected chi connectivity index (χ1v) is 11.4. The molecule has 1 aliphatic heterocycles. The second-order valence-corrected chi connectivity index (χ2v) is 8.67. The van der Waals surface area contributed by atoms with Gasteiger partial charge < -0.3 is 10.2 Å². The average Bonchev–Trinajstić information content (AvgIpc) is 3.43. The molecule has 0 aliphatic carbocycles. The van der Waals surface area contributed by atoms with E-state index in [-0.39, 0.29) is 18.0 Å². The minimum absolute atomic E-state index is 0.105. The molecular weight excluding hydrogens is 392 g/mol. The van der Waals surface area contributed by atoms with Crippen LogP contribution in [0.4, 0.5) is 5.13 Å². The normalized spacial score (nSPS) is 17.1. The van der Waals surface area contributed by atoms with Crippen LogP contribution >= 0.6 is 11.5 Å². The van der Waals surface area contributed by atoms with Crippen molar-refractivity contribution in [2.75, 3.05) is 11.4 Å². The van der Waals surface area contributed by atoms with Crippen LogP contribution in [-0.2, 0) is 17.6 Å². The quantitative estimate of drug-likeness (QED) is 0.592. The second-order valence-electron chi connectivity index (χ2n) is 7.94. The van der Waals surface area contributed by atoms with E-state index in [9.17, 15) is 4.79 Å². The van der Waals surface area contributed by atoms with E-state index in [0.29, 0.717) is 0 Å². The number of benzene rings is 2. The Balaban J connectivity index is 1.33. The van der Waals surface area contributed by atoms with Crippen LogP contribution in [-0.4, -0.2) is 33.9 Å². The summed E-state index contributed by atoms with van der Waals surface area (Å²) in [5.41, 5.74) is 2.51.